The third kappa shape index (κ3) is 6.65. The molecule has 3 aromatic carbocycles. The molecule has 1 aromatic heterocycles. The van der Waals surface area contributed by atoms with Gasteiger partial charge in [0.2, 0.25) is 5.75 Å². The predicted molar refractivity (Wildman–Crippen MR) is 146 cm³/mol. The standard InChI is InChI=1S/C29H26F3N3O6/c1-17(2)41-25(36)16-40-26-23(38-3)12-18(13-24(26)39-4)15-33-35-27(19-8-7-9-20(14-19)29(30,31)32)34-22-11-6-5-10-21(22)28(35)37/h5-15,17H,16H2,1-4H3. The molecular formula is C29H26F3N3O6. The Morgan fingerprint density at radius 2 is 1.71 bits per heavy atom. The number of benzene rings is 3. The van der Waals surface area contributed by atoms with E-state index >= 15 is 0 Å². The average molecular weight is 570 g/mol. The number of methoxy groups -OCH3 is 2. The first-order valence-corrected chi connectivity index (χ1v) is 12.3. The van der Waals surface area contributed by atoms with Crippen LogP contribution in [0.4, 0.5) is 13.2 Å². The molecule has 0 radical (unpaired) electrons. The molecule has 0 bridgehead atoms. The van der Waals surface area contributed by atoms with Crippen LogP contribution in [0.25, 0.3) is 22.3 Å². The molecule has 0 amide bonds. The Balaban J connectivity index is 1.79. The van der Waals surface area contributed by atoms with Crippen molar-refractivity contribution in [2.75, 3.05) is 20.8 Å². The summed E-state index contributed by atoms with van der Waals surface area (Å²) in [5.74, 6) is -0.129. The maximum absolute atomic E-state index is 13.4. The Hall–Kier alpha value is -4.87. The van der Waals surface area contributed by atoms with Crippen LogP contribution in [-0.2, 0) is 15.7 Å². The molecule has 0 spiro atoms. The van der Waals surface area contributed by atoms with Gasteiger partial charge in [0.1, 0.15) is 0 Å². The van der Waals surface area contributed by atoms with Crippen molar-refractivity contribution in [3.05, 3.63) is 82.1 Å². The second-order valence-corrected chi connectivity index (χ2v) is 8.97. The van der Waals surface area contributed by atoms with E-state index in [1.54, 1.807) is 38.1 Å². The molecule has 0 aliphatic carbocycles. The molecule has 0 N–H and O–H groups in total. The highest BCUT2D eigenvalue weighted by atomic mass is 19.4. The van der Waals surface area contributed by atoms with E-state index in [1.165, 1.54) is 44.7 Å². The Morgan fingerprint density at radius 3 is 2.34 bits per heavy atom. The van der Waals surface area contributed by atoms with E-state index in [-0.39, 0.29) is 40.1 Å². The van der Waals surface area contributed by atoms with Crippen LogP contribution in [-0.4, -0.2) is 48.8 Å². The van der Waals surface area contributed by atoms with E-state index in [4.69, 9.17) is 18.9 Å². The monoisotopic (exact) mass is 569 g/mol. The van der Waals surface area contributed by atoms with Crippen LogP contribution < -0.4 is 19.8 Å². The van der Waals surface area contributed by atoms with Gasteiger partial charge in [-0.25, -0.2) is 9.78 Å². The molecule has 0 atom stereocenters. The molecule has 9 nitrogen and oxygen atoms in total. The molecular weight excluding hydrogens is 543 g/mol. The summed E-state index contributed by atoms with van der Waals surface area (Å²) in [6.07, 6.45) is -3.61. The van der Waals surface area contributed by atoms with Crippen molar-refractivity contribution < 1.29 is 36.9 Å². The number of aromatic nitrogens is 2. The summed E-state index contributed by atoms with van der Waals surface area (Å²) >= 11 is 0. The van der Waals surface area contributed by atoms with Crippen molar-refractivity contribution >= 4 is 23.1 Å². The van der Waals surface area contributed by atoms with Crippen LogP contribution in [0.5, 0.6) is 17.2 Å². The molecule has 0 aliphatic rings. The molecule has 4 aromatic rings. The van der Waals surface area contributed by atoms with Crippen molar-refractivity contribution in [1.82, 2.24) is 9.66 Å². The van der Waals surface area contributed by atoms with E-state index in [2.05, 4.69) is 10.1 Å². The Morgan fingerprint density at radius 1 is 1.02 bits per heavy atom. The van der Waals surface area contributed by atoms with Crippen LogP contribution in [0.2, 0.25) is 0 Å². The molecule has 0 saturated heterocycles. The lowest BCUT2D eigenvalue weighted by molar-refractivity contribution is -0.149. The number of para-hydroxylation sites is 1. The predicted octanol–water partition coefficient (Wildman–Crippen LogP) is 5.31. The first-order chi connectivity index (χ1) is 19.5. The van der Waals surface area contributed by atoms with E-state index in [0.717, 1.165) is 16.8 Å². The topological polar surface area (TPSA) is 101 Å². The van der Waals surface area contributed by atoms with Gasteiger partial charge >= 0.3 is 12.1 Å². The highest BCUT2D eigenvalue weighted by Gasteiger charge is 2.31. The maximum atomic E-state index is 13.4. The summed E-state index contributed by atoms with van der Waals surface area (Å²) in [5, 5.41) is 4.52. The zero-order valence-corrected chi connectivity index (χ0v) is 22.6. The Labute approximate surface area is 232 Å². The SMILES string of the molecule is COc1cc(C=Nn2c(-c3cccc(C(F)(F)F)c3)nc3ccccc3c2=O)cc(OC)c1OCC(=O)OC(C)C. The first kappa shape index (κ1) is 29.1. The van der Waals surface area contributed by atoms with Crippen LogP contribution >= 0.6 is 0 Å². The minimum Gasteiger partial charge on any atom is -0.493 e. The lowest BCUT2D eigenvalue weighted by Crippen LogP contribution is -2.20. The van der Waals surface area contributed by atoms with Gasteiger partial charge in [-0.05, 0) is 50.2 Å². The van der Waals surface area contributed by atoms with Crippen molar-refractivity contribution in [3.63, 3.8) is 0 Å². The lowest BCUT2D eigenvalue weighted by Gasteiger charge is -2.15. The average Bonchev–Trinajstić information content (AvgIpc) is 2.94. The number of halogens is 3. The van der Waals surface area contributed by atoms with Gasteiger partial charge in [0, 0.05) is 11.1 Å². The second-order valence-electron chi connectivity index (χ2n) is 8.97. The van der Waals surface area contributed by atoms with Crippen LogP contribution in [0.1, 0.15) is 25.0 Å². The van der Waals surface area contributed by atoms with Gasteiger partial charge < -0.3 is 18.9 Å². The normalized spacial score (nSPS) is 11.7. The number of rotatable bonds is 9. The number of fused-ring (bicyclic) bond motifs is 1. The molecule has 0 unspecified atom stereocenters. The Bertz CT molecular complexity index is 1640. The molecule has 214 valence electrons. The van der Waals surface area contributed by atoms with Crippen molar-refractivity contribution in [2.24, 2.45) is 5.10 Å². The molecule has 0 fully saturated rings. The van der Waals surface area contributed by atoms with Crippen molar-refractivity contribution in [2.45, 2.75) is 26.1 Å². The third-order valence-corrected chi connectivity index (χ3v) is 5.71. The van der Waals surface area contributed by atoms with Crippen molar-refractivity contribution in [1.29, 1.82) is 0 Å². The van der Waals surface area contributed by atoms with E-state index in [9.17, 15) is 22.8 Å². The molecule has 1 heterocycles. The summed E-state index contributed by atoms with van der Waals surface area (Å²) in [6, 6.07) is 14.0. The number of carbonyl (C=O) groups is 1. The smallest absolute Gasteiger partial charge is 0.416 e. The number of esters is 1. The van der Waals surface area contributed by atoms with Gasteiger partial charge in [0.05, 0.1) is 43.0 Å². The number of carbonyl (C=O) groups excluding carboxylic acids is 1. The summed E-state index contributed by atoms with van der Waals surface area (Å²) in [7, 11) is 2.77. The molecule has 0 aliphatic heterocycles. The number of alkyl halides is 3. The first-order valence-electron chi connectivity index (χ1n) is 12.3. The number of hydrogen-bond acceptors (Lipinski definition) is 8. The van der Waals surface area contributed by atoms with Gasteiger partial charge in [-0.15, -0.1) is 0 Å². The number of ether oxygens (including phenoxy) is 4. The zero-order valence-electron chi connectivity index (χ0n) is 22.6. The van der Waals surface area contributed by atoms with Crippen LogP contribution in [0, 0.1) is 0 Å². The maximum Gasteiger partial charge on any atom is 0.416 e. The van der Waals surface area contributed by atoms with Gasteiger partial charge in [-0.2, -0.15) is 22.9 Å². The number of hydrogen-bond donors (Lipinski definition) is 0. The van der Waals surface area contributed by atoms with Gasteiger partial charge in [0.15, 0.2) is 23.9 Å². The fraction of sp³-hybridized carbons (Fsp3) is 0.241. The summed E-state index contributed by atoms with van der Waals surface area (Å²) in [4.78, 5) is 29.8. The highest BCUT2D eigenvalue weighted by Crippen LogP contribution is 2.38. The molecule has 12 heteroatoms. The van der Waals surface area contributed by atoms with Gasteiger partial charge in [0.25, 0.3) is 5.56 Å². The van der Waals surface area contributed by atoms with E-state index in [0.29, 0.717) is 11.1 Å². The zero-order chi connectivity index (χ0) is 29.7. The highest BCUT2D eigenvalue weighted by molar-refractivity contribution is 5.84. The third-order valence-electron chi connectivity index (χ3n) is 5.71. The minimum atomic E-state index is -4.59. The molecule has 4 rings (SSSR count). The van der Waals surface area contributed by atoms with E-state index < -0.39 is 29.9 Å². The minimum absolute atomic E-state index is 0.0482. The van der Waals surface area contributed by atoms with Crippen LogP contribution in [0.3, 0.4) is 0 Å². The fourth-order valence-electron chi connectivity index (χ4n) is 3.92. The molecule has 0 saturated carbocycles. The molecule has 41 heavy (non-hydrogen) atoms. The van der Waals surface area contributed by atoms with Gasteiger partial charge in [-0.1, -0.05) is 24.3 Å². The summed E-state index contributed by atoms with van der Waals surface area (Å²) in [6.45, 7) is 3.03. The lowest BCUT2D eigenvalue weighted by atomic mass is 10.1. The second kappa shape index (κ2) is 12.1. The number of nitrogens with zero attached hydrogens (tertiary/aromatic N) is 3. The van der Waals surface area contributed by atoms with Crippen LogP contribution in [0.15, 0.2) is 70.6 Å². The summed E-state index contributed by atoms with van der Waals surface area (Å²) in [5.41, 5.74) is -0.729. The largest absolute Gasteiger partial charge is 0.493 e. The quantitative estimate of drug-likeness (QED) is 0.199. The Kier molecular flexibility index (Phi) is 8.60. The van der Waals surface area contributed by atoms with Gasteiger partial charge in [-0.3, -0.25) is 4.79 Å². The summed E-state index contributed by atoms with van der Waals surface area (Å²) < 4.78 is 62.7. The fourth-order valence-corrected chi connectivity index (χ4v) is 3.92. The van der Waals surface area contributed by atoms with Crippen molar-refractivity contribution in [3.8, 4) is 28.6 Å². The van der Waals surface area contributed by atoms with E-state index in [1.807, 2.05) is 0 Å².